The molecule has 0 spiro atoms. The Bertz CT molecular complexity index is 795. The van der Waals surface area contributed by atoms with Gasteiger partial charge in [-0.25, -0.2) is 4.98 Å². The van der Waals surface area contributed by atoms with Gasteiger partial charge in [0, 0.05) is 44.0 Å². The van der Waals surface area contributed by atoms with Crippen molar-refractivity contribution in [1.29, 1.82) is 0 Å². The van der Waals surface area contributed by atoms with Crippen molar-refractivity contribution in [3.05, 3.63) is 47.0 Å². The Kier molecular flexibility index (Phi) is 5.50. The van der Waals surface area contributed by atoms with Crippen LogP contribution in [-0.4, -0.2) is 52.8 Å². The summed E-state index contributed by atoms with van der Waals surface area (Å²) in [7, 11) is 0. The maximum Gasteiger partial charge on any atom is 0.229 e. The van der Waals surface area contributed by atoms with E-state index < -0.39 is 0 Å². The third-order valence-electron chi connectivity index (χ3n) is 5.04. The zero-order valence-electron chi connectivity index (χ0n) is 15.3. The Hall–Kier alpha value is -2.25. The van der Waals surface area contributed by atoms with Gasteiger partial charge in [0.05, 0.1) is 12.1 Å². The number of amides is 2. The molecule has 1 saturated heterocycles. The lowest BCUT2D eigenvalue weighted by Gasteiger charge is -2.34. The fraction of sp³-hybridized carbons (Fsp3) is 0.450. The van der Waals surface area contributed by atoms with E-state index in [1.807, 2.05) is 16.3 Å². The molecule has 1 N–H and O–H groups in total. The number of hydrogen-bond donors (Lipinski definition) is 1. The van der Waals surface area contributed by atoms with Crippen molar-refractivity contribution in [3.63, 3.8) is 0 Å². The Balaban J connectivity index is 1.23. The van der Waals surface area contributed by atoms with E-state index in [4.69, 9.17) is 0 Å². The molecular weight excluding hydrogens is 360 g/mol. The normalized spacial score (nSPS) is 17.7. The molecule has 0 unspecified atom stereocenters. The molecule has 0 bridgehead atoms. The number of hydrogen-bond acceptors (Lipinski definition) is 5. The smallest absolute Gasteiger partial charge is 0.229 e. The molecule has 1 saturated carbocycles. The van der Waals surface area contributed by atoms with Crippen molar-refractivity contribution in [1.82, 2.24) is 14.8 Å². The van der Waals surface area contributed by atoms with Gasteiger partial charge in [0.2, 0.25) is 11.8 Å². The number of nitrogens with one attached hydrogen (secondary N) is 1. The van der Waals surface area contributed by atoms with Crippen LogP contribution in [0.4, 0.5) is 5.13 Å². The van der Waals surface area contributed by atoms with E-state index in [1.54, 1.807) is 0 Å². The lowest BCUT2D eigenvalue weighted by molar-refractivity contribution is -0.132. The minimum atomic E-state index is 0.0526. The summed E-state index contributed by atoms with van der Waals surface area (Å²) >= 11 is 1.39. The van der Waals surface area contributed by atoms with Gasteiger partial charge in [-0.05, 0) is 18.4 Å². The quantitative estimate of drug-likeness (QED) is 0.830. The number of thiazole rings is 1. The summed E-state index contributed by atoms with van der Waals surface area (Å²) in [5.74, 6) is 0.322. The van der Waals surface area contributed by atoms with Crippen LogP contribution in [0.25, 0.3) is 0 Å². The summed E-state index contributed by atoms with van der Waals surface area (Å²) in [4.78, 5) is 33.1. The van der Waals surface area contributed by atoms with Crippen LogP contribution in [0.2, 0.25) is 0 Å². The first-order chi connectivity index (χ1) is 13.2. The third kappa shape index (κ3) is 4.93. The van der Waals surface area contributed by atoms with E-state index in [-0.39, 0.29) is 17.7 Å². The van der Waals surface area contributed by atoms with Gasteiger partial charge in [0.25, 0.3) is 0 Å². The number of nitrogens with zero attached hydrogens (tertiary/aromatic N) is 3. The topological polar surface area (TPSA) is 65.5 Å². The molecule has 27 heavy (non-hydrogen) atoms. The molecule has 2 fully saturated rings. The molecule has 142 valence electrons. The fourth-order valence-electron chi connectivity index (χ4n) is 3.26. The van der Waals surface area contributed by atoms with E-state index in [1.165, 1.54) is 16.9 Å². The SMILES string of the molecule is O=C(Nc1nc(CC(=O)N2CCN(Cc3ccccc3)CC2)cs1)C1CC1. The molecule has 2 amide bonds. The number of anilines is 1. The second-order valence-corrected chi connectivity index (χ2v) is 8.08. The van der Waals surface area contributed by atoms with E-state index in [2.05, 4.69) is 39.5 Å². The highest BCUT2D eigenvalue weighted by Crippen LogP contribution is 2.30. The van der Waals surface area contributed by atoms with Crippen LogP contribution in [0.3, 0.4) is 0 Å². The summed E-state index contributed by atoms with van der Waals surface area (Å²) in [6.07, 6.45) is 2.24. The Morgan fingerprint density at radius 3 is 2.56 bits per heavy atom. The van der Waals surface area contributed by atoms with Gasteiger partial charge in [-0.2, -0.15) is 0 Å². The van der Waals surface area contributed by atoms with Gasteiger partial charge < -0.3 is 10.2 Å². The lowest BCUT2D eigenvalue weighted by atomic mass is 10.2. The van der Waals surface area contributed by atoms with E-state index in [0.29, 0.717) is 11.6 Å². The molecule has 1 aliphatic heterocycles. The first kappa shape index (κ1) is 18.1. The summed E-state index contributed by atoms with van der Waals surface area (Å²) in [6.45, 7) is 4.21. The van der Waals surface area contributed by atoms with Crippen molar-refractivity contribution in [2.24, 2.45) is 5.92 Å². The Morgan fingerprint density at radius 2 is 1.85 bits per heavy atom. The van der Waals surface area contributed by atoms with Gasteiger partial charge >= 0.3 is 0 Å². The number of piperazine rings is 1. The standard InChI is InChI=1S/C20H24N4O2S/c25-18(12-17-14-27-20(21-17)22-19(26)16-6-7-16)24-10-8-23(9-11-24)13-15-4-2-1-3-5-15/h1-5,14,16H,6-13H2,(H,21,22,26). The van der Waals surface area contributed by atoms with Crippen LogP contribution in [0.15, 0.2) is 35.7 Å². The molecule has 2 aromatic rings. The predicted octanol–water partition coefficient (Wildman–Crippen LogP) is 2.38. The Labute approximate surface area is 163 Å². The van der Waals surface area contributed by atoms with Crippen LogP contribution in [0.1, 0.15) is 24.1 Å². The first-order valence-corrected chi connectivity index (χ1v) is 10.3. The number of benzene rings is 1. The average Bonchev–Trinajstić information content (AvgIpc) is 3.45. The van der Waals surface area contributed by atoms with Crippen LogP contribution in [0, 0.1) is 5.92 Å². The van der Waals surface area contributed by atoms with Crippen LogP contribution in [0.5, 0.6) is 0 Å². The van der Waals surface area contributed by atoms with Crippen LogP contribution in [-0.2, 0) is 22.6 Å². The van der Waals surface area contributed by atoms with Gasteiger partial charge in [-0.15, -0.1) is 11.3 Å². The first-order valence-electron chi connectivity index (χ1n) is 9.47. The lowest BCUT2D eigenvalue weighted by Crippen LogP contribution is -2.48. The second kappa shape index (κ2) is 8.19. The minimum absolute atomic E-state index is 0.0526. The average molecular weight is 385 g/mol. The molecule has 7 heteroatoms. The molecule has 2 aliphatic rings. The van der Waals surface area contributed by atoms with Crippen molar-refractivity contribution in [2.75, 3.05) is 31.5 Å². The monoisotopic (exact) mass is 384 g/mol. The number of aromatic nitrogens is 1. The minimum Gasteiger partial charge on any atom is -0.340 e. The summed E-state index contributed by atoms with van der Waals surface area (Å²) in [5.41, 5.74) is 2.04. The maximum atomic E-state index is 12.6. The van der Waals surface area contributed by atoms with Crippen LogP contribution < -0.4 is 5.32 Å². The zero-order chi connectivity index (χ0) is 18.6. The van der Waals surface area contributed by atoms with Gasteiger partial charge in [-0.1, -0.05) is 30.3 Å². The van der Waals surface area contributed by atoms with Gasteiger partial charge in [0.1, 0.15) is 0 Å². The van der Waals surface area contributed by atoms with Crippen molar-refractivity contribution >= 4 is 28.3 Å². The molecule has 0 atom stereocenters. The highest BCUT2D eigenvalue weighted by atomic mass is 32.1. The predicted molar refractivity (Wildman–Crippen MR) is 105 cm³/mol. The van der Waals surface area contributed by atoms with Crippen LogP contribution >= 0.6 is 11.3 Å². The summed E-state index contributed by atoms with van der Waals surface area (Å²) < 4.78 is 0. The largest absolute Gasteiger partial charge is 0.340 e. The van der Waals surface area contributed by atoms with E-state index in [9.17, 15) is 9.59 Å². The van der Waals surface area contributed by atoms with E-state index in [0.717, 1.165) is 51.3 Å². The second-order valence-electron chi connectivity index (χ2n) is 7.23. The molecule has 0 radical (unpaired) electrons. The van der Waals surface area contributed by atoms with Crippen molar-refractivity contribution < 1.29 is 9.59 Å². The third-order valence-corrected chi connectivity index (χ3v) is 5.84. The summed E-state index contributed by atoms with van der Waals surface area (Å²) in [6, 6.07) is 10.4. The number of carbonyl (C=O) groups excluding carboxylic acids is 2. The molecule has 1 aromatic heterocycles. The van der Waals surface area contributed by atoms with Crippen molar-refractivity contribution in [3.8, 4) is 0 Å². The van der Waals surface area contributed by atoms with E-state index >= 15 is 0 Å². The molecule has 2 heterocycles. The van der Waals surface area contributed by atoms with Crippen molar-refractivity contribution in [2.45, 2.75) is 25.8 Å². The molecular formula is C20H24N4O2S. The zero-order valence-corrected chi connectivity index (χ0v) is 16.1. The molecule has 4 rings (SSSR count). The van der Waals surface area contributed by atoms with Gasteiger partial charge in [0.15, 0.2) is 5.13 Å². The maximum absolute atomic E-state index is 12.6. The summed E-state index contributed by atoms with van der Waals surface area (Å²) in [5, 5.41) is 5.31. The highest BCUT2D eigenvalue weighted by molar-refractivity contribution is 7.13. The Morgan fingerprint density at radius 1 is 1.11 bits per heavy atom. The number of carbonyl (C=O) groups is 2. The molecule has 1 aromatic carbocycles. The highest BCUT2D eigenvalue weighted by Gasteiger charge is 2.30. The van der Waals surface area contributed by atoms with Gasteiger partial charge in [-0.3, -0.25) is 14.5 Å². The number of rotatable bonds is 6. The molecule has 6 nitrogen and oxygen atoms in total. The molecule has 1 aliphatic carbocycles. The fourth-order valence-corrected chi connectivity index (χ4v) is 3.98.